The average Bonchev–Trinajstić information content (AvgIpc) is 3.07. The highest BCUT2D eigenvalue weighted by Crippen LogP contribution is 2.31. The van der Waals surface area contributed by atoms with Gasteiger partial charge in [0.15, 0.2) is 6.61 Å². The summed E-state index contributed by atoms with van der Waals surface area (Å²) < 4.78 is 10.8. The predicted octanol–water partition coefficient (Wildman–Crippen LogP) is 3.21. The number of nitrogens with zero attached hydrogens (tertiary/aromatic N) is 2. The number of methoxy groups -OCH3 is 1. The number of amides is 1. The quantitative estimate of drug-likeness (QED) is 0.735. The van der Waals surface area contributed by atoms with Crippen LogP contribution in [0.3, 0.4) is 0 Å². The van der Waals surface area contributed by atoms with Gasteiger partial charge in [0, 0.05) is 18.0 Å². The van der Waals surface area contributed by atoms with Gasteiger partial charge in [-0.15, -0.1) is 0 Å². The standard InChI is InChI=1S/C20H18N2O3/c1-24-17-8-7-14-11-15-9-10-22(20(15)21-18(14)12-17)19(23)13-25-16-5-3-2-4-6-16/h2-8,11-12H,9-10,13H2,1H3. The van der Waals surface area contributed by atoms with Gasteiger partial charge in [-0.3, -0.25) is 9.69 Å². The minimum absolute atomic E-state index is 0.00127. The zero-order valence-electron chi connectivity index (χ0n) is 13.9. The van der Waals surface area contributed by atoms with E-state index in [1.165, 1.54) is 0 Å². The summed E-state index contributed by atoms with van der Waals surface area (Å²) in [6, 6.07) is 17.2. The highest BCUT2D eigenvalue weighted by atomic mass is 16.5. The molecule has 5 nitrogen and oxygen atoms in total. The van der Waals surface area contributed by atoms with Crippen LogP contribution < -0.4 is 14.4 Å². The molecule has 1 amide bonds. The van der Waals surface area contributed by atoms with E-state index in [0.717, 1.165) is 34.5 Å². The van der Waals surface area contributed by atoms with Crippen LogP contribution >= 0.6 is 0 Å². The number of carbonyl (C=O) groups is 1. The minimum atomic E-state index is -0.0858. The maximum atomic E-state index is 12.6. The van der Waals surface area contributed by atoms with Gasteiger partial charge in [-0.1, -0.05) is 18.2 Å². The van der Waals surface area contributed by atoms with Crippen molar-refractivity contribution in [3.8, 4) is 11.5 Å². The molecule has 1 aliphatic heterocycles. The van der Waals surface area contributed by atoms with Gasteiger partial charge < -0.3 is 9.47 Å². The van der Waals surface area contributed by atoms with Crippen molar-refractivity contribution < 1.29 is 14.3 Å². The lowest BCUT2D eigenvalue weighted by Gasteiger charge is -2.17. The second kappa shape index (κ2) is 6.43. The summed E-state index contributed by atoms with van der Waals surface area (Å²) in [5, 5.41) is 1.05. The van der Waals surface area contributed by atoms with Crippen LogP contribution in [0.15, 0.2) is 54.6 Å². The highest BCUT2D eigenvalue weighted by Gasteiger charge is 2.27. The number of benzene rings is 2. The van der Waals surface area contributed by atoms with Crippen molar-refractivity contribution in [2.75, 3.05) is 25.2 Å². The normalized spacial score (nSPS) is 12.9. The van der Waals surface area contributed by atoms with Gasteiger partial charge in [0.05, 0.1) is 12.6 Å². The Bertz CT molecular complexity index is 925. The molecule has 0 fully saturated rings. The van der Waals surface area contributed by atoms with Gasteiger partial charge in [-0.05, 0) is 42.3 Å². The minimum Gasteiger partial charge on any atom is -0.497 e. The van der Waals surface area contributed by atoms with Crippen LogP contribution in [0.1, 0.15) is 5.56 Å². The van der Waals surface area contributed by atoms with E-state index >= 15 is 0 Å². The molecular weight excluding hydrogens is 316 g/mol. The van der Waals surface area contributed by atoms with E-state index in [9.17, 15) is 4.79 Å². The van der Waals surface area contributed by atoms with Crippen molar-refractivity contribution >= 4 is 22.6 Å². The molecule has 0 bridgehead atoms. The molecule has 0 N–H and O–H groups in total. The summed E-state index contributed by atoms with van der Waals surface area (Å²) in [4.78, 5) is 19.0. The molecule has 0 radical (unpaired) electrons. The van der Waals surface area contributed by atoms with Crippen molar-refractivity contribution in [2.45, 2.75) is 6.42 Å². The number of aromatic nitrogens is 1. The number of carbonyl (C=O) groups excluding carboxylic acids is 1. The number of hydrogen-bond donors (Lipinski definition) is 0. The molecule has 25 heavy (non-hydrogen) atoms. The lowest BCUT2D eigenvalue weighted by atomic mass is 10.1. The molecule has 5 heteroatoms. The summed E-state index contributed by atoms with van der Waals surface area (Å²) >= 11 is 0. The summed E-state index contributed by atoms with van der Waals surface area (Å²) in [5.41, 5.74) is 1.91. The summed E-state index contributed by atoms with van der Waals surface area (Å²) in [6.45, 7) is 0.633. The molecule has 126 valence electrons. The van der Waals surface area contributed by atoms with E-state index in [1.54, 1.807) is 12.0 Å². The molecule has 0 spiro atoms. The number of rotatable bonds is 4. The van der Waals surface area contributed by atoms with Crippen LogP contribution in [0.4, 0.5) is 5.82 Å². The second-order valence-corrected chi connectivity index (χ2v) is 5.93. The molecule has 0 atom stereocenters. The Morgan fingerprint density at radius 2 is 1.96 bits per heavy atom. The maximum Gasteiger partial charge on any atom is 0.266 e. The summed E-state index contributed by atoms with van der Waals surface area (Å²) in [7, 11) is 1.63. The van der Waals surface area contributed by atoms with E-state index in [1.807, 2.05) is 48.5 Å². The first-order valence-electron chi connectivity index (χ1n) is 8.20. The SMILES string of the molecule is COc1ccc2cc3c(nc2c1)N(C(=O)COc1ccccc1)CC3. The Labute approximate surface area is 145 Å². The van der Waals surface area contributed by atoms with E-state index in [2.05, 4.69) is 6.07 Å². The Hall–Kier alpha value is -3.08. The Kier molecular flexibility index (Phi) is 3.98. The third kappa shape index (κ3) is 3.01. The number of ether oxygens (including phenoxy) is 2. The zero-order chi connectivity index (χ0) is 17.2. The first kappa shape index (κ1) is 15.4. The molecular formula is C20H18N2O3. The maximum absolute atomic E-state index is 12.6. The van der Waals surface area contributed by atoms with E-state index in [0.29, 0.717) is 12.3 Å². The van der Waals surface area contributed by atoms with Gasteiger partial charge in [0.2, 0.25) is 0 Å². The van der Waals surface area contributed by atoms with Crippen LogP contribution in [0, 0.1) is 0 Å². The first-order valence-corrected chi connectivity index (χ1v) is 8.20. The fraction of sp³-hybridized carbons (Fsp3) is 0.200. The van der Waals surface area contributed by atoms with Crippen molar-refractivity contribution in [3.05, 3.63) is 60.2 Å². The molecule has 0 saturated carbocycles. The summed E-state index contributed by atoms with van der Waals surface area (Å²) in [5.74, 6) is 2.08. The molecule has 0 aliphatic carbocycles. The molecule has 2 heterocycles. The van der Waals surface area contributed by atoms with Gasteiger partial charge in [-0.2, -0.15) is 0 Å². The lowest BCUT2D eigenvalue weighted by Crippen LogP contribution is -2.33. The van der Waals surface area contributed by atoms with Gasteiger partial charge in [0.25, 0.3) is 5.91 Å². The smallest absolute Gasteiger partial charge is 0.266 e. The van der Waals surface area contributed by atoms with Gasteiger partial charge in [0.1, 0.15) is 17.3 Å². The molecule has 3 aromatic rings. The number of para-hydroxylation sites is 1. The predicted molar refractivity (Wildman–Crippen MR) is 96.3 cm³/mol. The number of anilines is 1. The lowest BCUT2D eigenvalue weighted by molar-refractivity contribution is -0.120. The van der Waals surface area contributed by atoms with E-state index in [4.69, 9.17) is 14.5 Å². The monoisotopic (exact) mass is 334 g/mol. The van der Waals surface area contributed by atoms with Gasteiger partial charge in [-0.25, -0.2) is 4.98 Å². The van der Waals surface area contributed by atoms with Crippen LogP contribution in [-0.2, 0) is 11.2 Å². The van der Waals surface area contributed by atoms with Crippen molar-refractivity contribution in [1.82, 2.24) is 4.98 Å². The van der Waals surface area contributed by atoms with E-state index in [-0.39, 0.29) is 12.5 Å². The molecule has 2 aromatic carbocycles. The first-order chi connectivity index (χ1) is 12.2. The second-order valence-electron chi connectivity index (χ2n) is 5.93. The Morgan fingerprint density at radius 1 is 1.12 bits per heavy atom. The number of pyridine rings is 1. The molecule has 0 unspecified atom stereocenters. The summed E-state index contributed by atoms with van der Waals surface area (Å²) in [6.07, 6.45) is 0.807. The van der Waals surface area contributed by atoms with Crippen LogP contribution in [0.2, 0.25) is 0 Å². The molecule has 4 rings (SSSR count). The average molecular weight is 334 g/mol. The Balaban J connectivity index is 1.57. The zero-order valence-corrected chi connectivity index (χ0v) is 13.9. The third-order valence-corrected chi connectivity index (χ3v) is 4.35. The largest absolute Gasteiger partial charge is 0.497 e. The fourth-order valence-electron chi connectivity index (χ4n) is 3.05. The van der Waals surface area contributed by atoms with Crippen molar-refractivity contribution in [3.63, 3.8) is 0 Å². The third-order valence-electron chi connectivity index (χ3n) is 4.35. The topological polar surface area (TPSA) is 51.7 Å². The van der Waals surface area contributed by atoms with Crippen molar-refractivity contribution in [2.24, 2.45) is 0 Å². The van der Waals surface area contributed by atoms with Crippen LogP contribution in [-0.4, -0.2) is 31.2 Å². The fourth-order valence-corrected chi connectivity index (χ4v) is 3.05. The van der Waals surface area contributed by atoms with Gasteiger partial charge >= 0.3 is 0 Å². The molecule has 1 aromatic heterocycles. The molecule has 0 saturated heterocycles. The van der Waals surface area contributed by atoms with E-state index < -0.39 is 0 Å². The molecule has 1 aliphatic rings. The van der Waals surface area contributed by atoms with Crippen molar-refractivity contribution in [1.29, 1.82) is 0 Å². The van der Waals surface area contributed by atoms with Crippen LogP contribution in [0.5, 0.6) is 11.5 Å². The van der Waals surface area contributed by atoms with Crippen LogP contribution in [0.25, 0.3) is 10.9 Å². The number of hydrogen-bond acceptors (Lipinski definition) is 4. The number of fused-ring (bicyclic) bond motifs is 2. The Morgan fingerprint density at radius 3 is 2.76 bits per heavy atom. The highest BCUT2D eigenvalue weighted by molar-refractivity contribution is 5.97.